The van der Waals surface area contributed by atoms with Crippen molar-refractivity contribution in [1.29, 1.82) is 0 Å². The van der Waals surface area contributed by atoms with E-state index in [0.29, 0.717) is 23.9 Å². The van der Waals surface area contributed by atoms with Crippen LogP contribution in [0.5, 0.6) is 0 Å². The summed E-state index contributed by atoms with van der Waals surface area (Å²) < 4.78 is 22.7. The van der Waals surface area contributed by atoms with Crippen molar-refractivity contribution in [3.63, 3.8) is 0 Å². The Bertz CT molecular complexity index is 856. The molecule has 0 aliphatic heterocycles. The minimum absolute atomic E-state index is 0.180. The highest BCUT2D eigenvalue weighted by molar-refractivity contribution is 5.71. The van der Waals surface area contributed by atoms with Crippen LogP contribution in [0.3, 0.4) is 0 Å². The summed E-state index contributed by atoms with van der Waals surface area (Å²) in [7, 11) is 5.95. The minimum atomic E-state index is -1.50. The number of likely N-dealkylation sites (N-methyl/N-ethyl adjacent to an activating group) is 1. The average molecular weight is 727 g/mol. The highest BCUT2D eigenvalue weighted by Crippen LogP contribution is 2.14. The van der Waals surface area contributed by atoms with E-state index in [1.165, 1.54) is 96.3 Å². The number of esters is 2. The molecule has 0 aliphatic rings. The lowest BCUT2D eigenvalue weighted by Crippen LogP contribution is -2.40. The molecule has 2 atom stereocenters. The third-order valence-electron chi connectivity index (χ3n) is 9.02. The first-order chi connectivity index (χ1) is 24.6. The molecule has 0 saturated carbocycles. The van der Waals surface area contributed by atoms with Crippen LogP contribution in [0, 0.1) is 0 Å². The molecule has 2 unspecified atom stereocenters. The molecule has 1 N–H and O–H groups in total. The number of aliphatic carboxylic acids is 1. The van der Waals surface area contributed by atoms with Crippen molar-refractivity contribution < 1.29 is 42.9 Å². The van der Waals surface area contributed by atoms with Gasteiger partial charge in [0.25, 0.3) is 6.29 Å². The standard InChI is InChI=1S/C42H79NO8/c1-6-8-10-12-14-16-18-20-21-23-25-27-29-31-33-40(45)51-38(37-50-42(41(46)47)48-35-34-43(3,4)5)36-49-39(44)32-30-28-26-24-22-19-17-15-13-11-9-7-2/h18,20,38,42H,6-17,19,21-37H2,1-5H3/p+1/b20-18-. The Kier molecular flexibility index (Phi) is 33.7. The second-order valence-electron chi connectivity index (χ2n) is 15.3. The molecule has 0 radical (unpaired) electrons. The molecule has 0 rings (SSSR count). The summed E-state index contributed by atoms with van der Waals surface area (Å²) in [5.41, 5.74) is 0. The van der Waals surface area contributed by atoms with Crippen molar-refractivity contribution in [3.8, 4) is 0 Å². The normalized spacial score (nSPS) is 13.0. The van der Waals surface area contributed by atoms with Crippen molar-refractivity contribution in [2.75, 3.05) is 47.5 Å². The zero-order valence-electron chi connectivity index (χ0n) is 33.8. The molecular weight excluding hydrogens is 646 g/mol. The van der Waals surface area contributed by atoms with Crippen LogP contribution < -0.4 is 0 Å². The van der Waals surface area contributed by atoms with Crippen LogP contribution in [0.2, 0.25) is 0 Å². The maximum Gasteiger partial charge on any atom is 0.361 e. The maximum atomic E-state index is 12.7. The summed E-state index contributed by atoms with van der Waals surface area (Å²) in [6, 6.07) is 0. The molecule has 9 heteroatoms. The number of rotatable bonds is 38. The fourth-order valence-electron chi connectivity index (χ4n) is 5.71. The van der Waals surface area contributed by atoms with Gasteiger partial charge in [-0.1, -0.05) is 142 Å². The van der Waals surface area contributed by atoms with Gasteiger partial charge in [0.15, 0.2) is 6.10 Å². The Morgan fingerprint density at radius 1 is 0.569 bits per heavy atom. The Hall–Kier alpha value is -1.97. The number of unbranched alkanes of at least 4 members (excludes halogenated alkanes) is 21. The van der Waals surface area contributed by atoms with Crippen molar-refractivity contribution >= 4 is 17.9 Å². The molecule has 51 heavy (non-hydrogen) atoms. The molecule has 0 heterocycles. The van der Waals surface area contributed by atoms with Crippen molar-refractivity contribution in [2.24, 2.45) is 0 Å². The van der Waals surface area contributed by atoms with E-state index >= 15 is 0 Å². The van der Waals surface area contributed by atoms with Gasteiger partial charge < -0.3 is 28.5 Å². The van der Waals surface area contributed by atoms with E-state index < -0.39 is 24.3 Å². The molecule has 0 saturated heterocycles. The van der Waals surface area contributed by atoms with Gasteiger partial charge in [-0.3, -0.25) is 9.59 Å². The topological polar surface area (TPSA) is 108 Å². The predicted molar refractivity (Wildman–Crippen MR) is 208 cm³/mol. The summed E-state index contributed by atoms with van der Waals surface area (Å²) in [6.45, 7) is 4.85. The molecule has 9 nitrogen and oxygen atoms in total. The summed E-state index contributed by atoms with van der Waals surface area (Å²) in [4.78, 5) is 36.9. The Balaban J connectivity index is 4.50. The van der Waals surface area contributed by atoms with Crippen LogP contribution in [0.4, 0.5) is 0 Å². The number of carbonyl (C=O) groups excluding carboxylic acids is 2. The molecule has 0 aromatic rings. The average Bonchev–Trinajstić information content (AvgIpc) is 3.08. The summed E-state index contributed by atoms with van der Waals surface area (Å²) in [5, 5.41) is 9.60. The highest BCUT2D eigenvalue weighted by Gasteiger charge is 2.25. The smallest absolute Gasteiger partial charge is 0.361 e. The number of hydrogen-bond acceptors (Lipinski definition) is 7. The minimum Gasteiger partial charge on any atom is -0.477 e. The third-order valence-corrected chi connectivity index (χ3v) is 9.02. The fourth-order valence-corrected chi connectivity index (χ4v) is 5.71. The molecular formula is C42H80NO8+. The van der Waals surface area contributed by atoms with Crippen LogP contribution in [0.1, 0.15) is 181 Å². The lowest BCUT2D eigenvalue weighted by Gasteiger charge is -2.25. The zero-order chi connectivity index (χ0) is 37.8. The fraction of sp³-hybridized carbons (Fsp3) is 0.881. The first-order valence-corrected chi connectivity index (χ1v) is 20.9. The largest absolute Gasteiger partial charge is 0.477 e. The molecule has 0 bridgehead atoms. The summed E-state index contributed by atoms with van der Waals surface area (Å²) in [6.07, 6.45) is 31.2. The second kappa shape index (κ2) is 35.1. The predicted octanol–water partition coefficient (Wildman–Crippen LogP) is 10.3. The van der Waals surface area contributed by atoms with Gasteiger partial charge in [-0.05, 0) is 38.5 Å². The molecule has 0 aromatic heterocycles. The van der Waals surface area contributed by atoms with Crippen LogP contribution in [-0.2, 0) is 33.3 Å². The maximum absolute atomic E-state index is 12.7. The third kappa shape index (κ3) is 36.2. The van der Waals surface area contributed by atoms with Crippen LogP contribution in [0.25, 0.3) is 0 Å². The number of carboxylic acids is 1. The zero-order valence-corrected chi connectivity index (χ0v) is 33.8. The lowest BCUT2D eigenvalue weighted by molar-refractivity contribution is -0.870. The van der Waals surface area contributed by atoms with Gasteiger partial charge in [0, 0.05) is 12.8 Å². The van der Waals surface area contributed by atoms with Gasteiger partial charge in [-0.2, -0.15) is 0 Å². The number of carbonyl (C=O) groups is 3. The molecule has 0 fully saturated rings. The van der Waals surface area contributed by atoms with Crippen LogP contribution in [0.15, 0.2) is 12.2 Å². The molecule has 0 amide bonds. The number of quaternary nitrogens is 1. The van der Waals surface area contributed by atoms with E-state index in [0.717, 1.165) is 51.4 Å². The SMILES string of the molecule is CCCCCCC/C=C\CCCCCCCC(=O)OC(COC(=O)CCCCCCCCCCCCCC)COC(OCC[N+](C)(C)C)C(=O)O. The van der Waals surface area contributed by atoms with Crippen molar-refractivity contribution in [3.05, 3.63) is 12.2 Å². The number of ether oxygens (including phenoxy) is 4. The molecule has 300 valence electrons. The van der Waals surface area contributed by atoms with Gasteiger partial charge in [0.2, 0.25) is 0 Å². The van der Waals surface area contributed by atoms with E-state index in [-0.39, 0.29) is 32.2 Å². The lowest BCUT2D eigenvalue weighted by atomic mass is 10.0. The van der Waals surface area contributed by atoms with Gasteiger partial charge in [0.1, 0.15) is 13.2 Å². The molecule has 0 aliphatic carbocycles. The van der Waals surface area contributed by atoms with E-state index in [1.54, 1.807) is 0 Å². The highest BCUT2D eigenvalue weighted by atomic mass is 16.7. The Morgan fingerprint density at radius 3 is 1.45 bits per heavy atom. The second-order valence-corrected chi connectivity index (χ2v) is 15.3. The van der Waals surface area contributed by atoms with Gasteiger partial charge in [-0.25, -0.2) is 4.79 Å². The Labute approximate surface area is 313 Å². The van der Waals surface area contributed by atoms with E-state index in [2.05, 4.69) is 26.0 Å². The number of hydrogen-bond donors (Lipinski definition) is 1. The van der Waals surface area contributed by atoms with E-state index in [1.807, 2.05) is 21.1 Å². The first-order valence-electron chi connectivity index (χ1n) is 20.9. The van der Waals surface area contributed by atoms with Gasteiger partial charge in [0.05, 0.1) is 34.4 Å². The first kappa shape index (κ1) is 49.0. The summed E-state index contributed by atoms with van der Waals surface area (Å²) in [5.74, 6) is -2.01. The number of carboxylic acid groups (broad SMARTS) is 1. The van der Waals surface area contributed by atoms with Crippen LogP contribution in [-0.4, -0.2) is 87.4 Å². The van der Waals surface area contributed by atoms with Crippen molar-refractivity contribution in [1.82, 2.24) is 0 Å². The molecule has 0 aromatic carbocycles. The van der Waals surface area contributed by atoms with Crippen molar-refractivity contribution in [2.45, 2.75) is 193 Å². The number of allylic oxidation sites excluding steroid dienone is 2. The Morgan fingerprint density at radius 2 is 1.00 bits per heavy atom. The van der Waals surface area contributed by atoms with E-state index in [9.17, 15) is 19.5 Å². The number of nitrogens with zero attached hydrogens (tertiary/aromatic N) is 1. The van der Waals surface area contributed by atoms with Gasteiger partial charge in [-0.15, -0.1) is 0 Å². The van der Waals surface area contributed by atoms with E-state index in [4.69, 9.17) is 18.9 Å². The quantitative estimate of drug-likeness (QED) is 0.0220. The van der Waals surface area contributed by atoms with Crippen LogP contribution >= 0.6 is 0 Å². The van der Waals surface area contributed by atoms with Gasteiger partial charge >= 0.3 is 17.9 Å². The summed E-state index contributed by atoms with van der Waals surface area (Å²) >= 11 is 0. The monoisotopic (exact) mass is 727 g/mol. The molecule has 0 spiro atoms.